The van der Waals surface area contributed by atoms with E-state index in [1.165, 1.54) is 18.2 Å². The van der Waals surface area contributed by atoms with E-state index >= 15 is 0 Å². The molecular formula is C16H21Cl2N3O4. The molecule has 0 saturated heterocycles. The quantitative estimate of drug-likeness (QED) is 0.526. The molecule has 3 N–H and O–H groups in total. The lowest BCUT2D eigenvalue weighted by atomic mass is 10.2. The summed E-state index contributed by atoms with van der Waals surface area (Å²) in [4.78, 5) is 35.1. The van der Waals surface area contributed by atoms with Gasteiger partial charge in [0.25, 0.3) is 5.91 Å². The zero-order valence-electron chi connectivity index (χ0n) is 13.9. The van der Waals surface area contributed by atoms with Crippen LogP contribution in [0.25, 0.3) is 0 Å². The van der Waals surface area contributed by atoms with E-state index in [9.17, 15) is 14.4 Å². The molecule has 0 fully saturated rings. The molecule has 0 spiro atoms. The largest absolute Gasteiger partial charge is 0.382 e. The van der Waals surface area contributed by atoms with Gasteiger partial charge in [0.1, 0.15) is 0 Å². The summed E-state index contributed by atoms with van der Waals surface area (Å²) in [7, 11) is 0. The van der Waals surface area contributed by atoms with Crippen molar-refractivity contribution in [1.29, 1.82) is 0 Å². The lowest BCUT2D eigenvalue weighted by Gasteiger charge is -2.09. The van der Waals surface area contributed by atoms with Crippen molar-refractivity contribution in [3.63, 3.8) is 0 Å². The van der Waals surface area contributed by atoms with Crippen LogP contribution in [0.2, 0.25) is 10.0 Å². The van der Waals surface area contributed by atoms with Gasteiger partial charge < -0.3 is 20.7 Å². The number of halogens is 2. The fourth-order valence-electron chi connectivity index (χ4n) is 1.78. The van der Waals surface area contributed by atoms with Gasteiger partial charge in [-0.2, -0.15) is 0 Å². The summed E-state index contributed by atoms with van der Waals surface area (Å²) in [5, 5.41) is 8.09. The molecule has 1 aromatic rings. The van der Waals surface area contributed by atoms with Gasteiger partial charge in [-0.25, -0.2) is 0 Å². The van der Waals surface area contributed by atoms with Gasteiger partial charge in [-0.1, -0.05) is 23.2 Å². The Hall–Kier alpha value is -1.83. The third-order valence-electron chi connectivity index (χ3n) is 3.02. The molecule has 0 aromatic heterocycles. The van der Waals surface area contributed by atoms with Gasteiger partial charge in [0.2, 0.25) is 11.8 Å². The Balaban J connectivity index is 2.23. The normalized spacial score (nSPS) is 10.2. The highest BCUT2D eigenvalue weighted by molar-refractivity contribution is 6.36. The van der Waals surface area contributed by atoms with E-state index in [4.69, 9.17) is 27.9 Å². The summed E-state index contributed by atoms with van der Waals surface area (Å²) in [6.45, 7) is 3.15. The smallest absolute Gasteiger partial charge is 0.253 e. The molecule has 0 aliphatic rings. The first kappa shape index (κ1) is 21.2. The van der Waals surface area contributed by atoms with Gasteiger partial charge in [0.15, 0.2) is 0 Å². The number of nitrogens with one attached hydrogen (secondary N) is 3. The Bertz CT molecular complexity index is 611. The Kier molecular flexibility index (Phi) is 9.91. The highest BCUT2D eigenvalue weighted by Gasteiger charge is 2.12. The van der Waals surface area contributed by atoms with E-state index in [0.717, 1.165) is 0 Å². The molecule has 1 aromatic carbocycles. The van der Waals surface area contributed by atoms with E-state index in [0.29, 0.717) is 31.2 Å². The van der Waals surface area contributed by atoms with Crippen LogP contribution in [0.15, 0.2) is 18.2 Å². The molecule has 0 unspecified atom stereocenters. The number of hydrogen-bond donors (Lipinski definition) is 3. The predicted octanol–water partition coefficient (Wildman–Crippen LogP) is 1.38. The maximum absolute atomic E-state index is 11.9. The molecule has 7 nitrogen and oxygen atoms in total. The SMILES string of the molecule is CCOCCCNC(=O)CNC(=O)CNC(=O)c1ccc(Cl)cc1Cl. The third kappa shape index (κ3) is 8.72. The van der Waals surface area contributed by atoms with Crippen LogP contribution in [0.5, 0.6) is 0 Å². The van der Waals surface area contributed by atoms with Crippen molar-refractivity contribution < 1.29 is 19.1 Å². The van der Waals surface area contributed by atoms with Crippen LogP contribution < -0.4 is 16.0 Å². The van der Waals surface area contributed by atoms with E-state index in [2.05, 4.69) is 16.0 Å². The van der Waals surface area contributed by atoms with Gasteiger partial charge in [-0.15, -0.1) is 0 Å². The lowest BCUT2D eigenvalue weighted by molar-refractivity contribution is -0.125. The Morgan fingerprint density at radius 2 is 1.72 bits per heavy atom. The zero-order chi connectivity index (χ0) is 18.7. The number of benzene rings is 1. The fourth-order valence-corrected chi connectivity index (χ4v) is 2.27. The topological polar surface area (TPSA) is 96.5 Å². The average molecular weight is 390 g/mol. The second-order valence-corrected chi connectivity index (χ2v) is 5.83. The van der Waals surface area contributed by atoms with Gasteiger partial charge in [-0.05, 0) is 31.5 Å². The minimum absolute atomic E-state index is 0.162. The Morgan fingerprint density at radius 1 is 1.04 bits per heavy atom. The maximum atomic E-state index is 11.9. The van der Waals surface area contributed by atoms with Crippen LogP contribution in [-0.2, 0) is 14.3 Å². The number of rotatable bonds is 10. The number of amides is 3. The molecule has 0 atom stereocenters. The second kappa shape index (κ2) is 11.7. The van der Waals surface area contributed by atoms with Gasteiger partial charge in [0.05, 0.1) is 23.7 Å². The molecule has 3 amide bonds. The van der Waals surface area contributed by atoms with Crippen LogP contribution in [0.3, 0.4) is 0 Å². The van der Waals surface area contributed by atoms with Crippen molar-refractivity contribution in [2.75, 3.05) is 32.8 Å². The molecule has 0 heterocycles. The Morgan fingerprint density at radius 3 is 2.40 bits per heavy atom. The van der Waals surface area contributed by atoms with Gasteiger partial charge >= 0.3 is 0 Å². The minimum Gasteiger partial charge on any atom is -0.382 e. The maximum Gasteiger partial charge on any atom is 0.253 e. The molecular weight excluding hydrogens is 369 g/mol. The molecule has 25 heavy (non-hydrogen) atoms. The van der Waals surface area contributed by atoms with Crippen LogP contribution in [-0.4, -0.2) is 50.6 Å². The third-order valence-corrected chi connectivity index (χ3v) is 3.57. The summed E-state index contributed by atoms with van der Waals surface area (Å²) in [5.74, 6) is -1.29. The van der Waals surface area contributed by atoms with Crippen molar-refractivity contribution in [1.82, 2.24) is 16.0 Å². The highest BCUT2D eigenvalue weighted by atomic mass is 35.5. The van der Waals surface area contributed by atoms with Gasteiger partial charge in [0, 0.05) is 24.8 Å². The summed E-state index contributed by atoms with van der Waals surface area (Å²) >= 11 is 11.7. The standard InChI is InChI=1S/C16H21Cl2N3O4/c1-2-25-7-3-6-19-14(22)9-20-15(23)10-21-16(24)12-5-4-11(17)8-13(12)18/h4-5,8H,2-3,6-7,9-10H2,1H3,(H,19,22)(H,20,23)(H,21,24). The predicted molar refractivity (Wildman–Crippen MR) is 95.9 cm³/mol. The average Bonchev–Trinajstić information content (AvgIpc) is 2.57. The molecule has 0 bridgehead atoms. The van der Waals surface area contributed by atoms with Crippen molar-refractivity contribution in [2.24, 2.45) is 0 Å². The van der Waals surface area contributed by atoms with E-state index in [1.807, 2.05) is 6.92 Å². The van der Waals surface area contributed by atoms with Crippen LogP contribution >= 0.6 is 23.2 Å². The highest BCUT2D eigenvalue weighted by Crippen LogP contribution is 2.20. The molecule has 0 aliphatic heterocycles. The minimum atomic E-state index is -0.503. The van der Waals surface area contributed by atoms with Crippen LogP contribution in [0.1, 0.15) is 23.7 Å². The summed E-state index contributed by atoms with van der Waals surface area (Å²) in [6, 6.07) is 4.43. The molecule has 0 saturated carbocycles. The second-order valence-electron chi connectivity index (χ2n) is 4.98. The van der Waals surface area contributed by atoms with Crippen LogP contribution in [0, 0.1) is 0 Å². The fraction of sp³-hybridized carbons (Fsp3) is 0.438. The summed E-state index contributed by atoms with van der Waals surface area (Å²) in [6.07, 6.45) is 0.700. The zero-order valence-corrected chi connectivity index (χ0v) is 15.4. The summed E-state index contributed by atoms with van der Waals surface area (Å²) < 4.78 is 5.14. The first-order valence-corrected chi connectivity index (χ1v) is 8.54. The van der Waals surface area contributed by atoms with Crippen molar-refractivity contribution in [2.45, 2.75) is 13.3 Å². The first-order valence-electron chi connectivity index (χ1n) is 7.78. The van der Waals surface area contributed by atoms with Crippen LogP contribution in [0.4, 0.5) is 0 Å². The molecule has 138 valence electrons. The number of ether oxygens (including phenoxy) is 1. The lowest BCUT2D eigenvalue weighted by Crippen LogP contribution is -2.42. The van der Waals surface area contributed by atoms with E-state index < -0.39 is 11.8 Å². The molecule has 1 rings (SSSR count). The first-order chi connectivity index (χ1) is 11.9. The summed E-state index contributed by atoms with van der Waals surface area (Å²) in [5.41, 5.74) is 0.214. The monoisotopic (exact) mass is 389 g/mol. The molecule has 9 heteroatoms. The molecule has 0 radical (unpaired) electrons. The number of hydrogen-bond acceptors (Lipinski definition) is 4. The van der Waals surface area contributed by atoms with Gasteiger partial charge in [-0.3, -0.25) is 14.4 Å². The van der Waals surface area contributed by atoms with Crippen molar-refractivity contribution in [3.8, 4) is 0 Å². The van der Waals surface area contributed by atoms with E-state index in [-0.39, 0.29) is 29.6 Å². The van der Waals surface area contributed by atoms with E-state index in [1.54, 1.807) is 0 Å². The molecule has 0 aliphatic carbocycles. The number of carbonyl (C=O) groups is 3. The number of carbonyl (C=O) groups excluding carboxylic acids is 3. The van der Waals surface area contributed by atoms with Crippen molar-refractivity contribution in [3.05, 3.63) is 33.8 Å². The van der Waals surface area contributed by atoms with Crippen molar-refractivity contribution >= 4 is 40.9 Å². The Labute approximate surface area is 156 Å².